The van der Waals surface area contributed by atoms with Gasteiger partial charge in [0.25, 0.3) is 10.0 Å². The van der Waals surface area contributed by atoms with Crippen molar-refractivity contribution < 1.29 is 17.6 Å². The molecule has 0 unspecified atom stereocenters. The fraction of sp³-hybridized carbons (Fsp3) is 0.458. The van der Waals surface area contributed by atoms with Gasteiger partial charge in [0, 0.05) is 12.3 Å². The van der Waals surface area contributed by atoms with Crippen LogP contribution < -0.4 is 0 Å². The van der Waals surface area contributed by atoms with Crippen LogP contribution in [-0.4, -0.2) is 39.6 Å². The second kappa shape index (κ2) is 8.52. The van der Waals surface area contributed by atoms with Crippen molar-refractivity contribution in [2.45, 2.75) is 69.1 Å². The van der Waals surface area contributed by atoms with Crippen LogP contribution in [0, 0.1) is 6.92 Å². The molecule has 2 aromatic rings. The first-order valence-electron chi connectivity index (χ1n) is 10.7. The highest BCUT2D eigenvalue weighted by atomic mass is 32.2. The van der Waals surface area contributed by atoms with Gasteiger partial charge < -0.3 is 4.43 Å². The molecule has 0 aliphatic carbocycles. The fourth-order valence-corrected chi connectivity index (χ4v) is 6.27. The molecule has 0 radical (unpaired) electrons. The van der Waals surface area contributed by atoms with Gasteiger partial charge in [0.15, 0.2) is 8.32 Å². The zero-order valence-electron chi connectivity index (χ0n) is 19.3. The van der Waals surface area contributed by atoms with Gasteiger partial charge in [-0.25, -0.2) is 12.7 Å². The smallest absolute Gasteiger partial charge is 0.266 e. The molecular formula is C24H33NO4SSi. The minimum Gasteiger partial charge on any atom is -0.415 e. The van der Waals surface area contributed by atoms with Gasteiger partial charge in [-0.15, -0.1) is 0 Å². The van der Waals surface area contributed by atoms with Crippen LogP contribution >= 0.6 is 0 Å². The highest BCUT2D eigenvalue weighted by molar-refractivity contribution is 7.89. The van der Waals surface area contributed by atoms with Crippen LogP contribution in [-0.2, 0) is 19.2 Å². The first kappa shape index (κ1) is 23.7. The maximum absolute atomic E-state index is 13.5. The largest absolute Gasteiger partial charge is 0.415 e. The third kappa shape index (κ3) is 4.78. The molecule has 0 saturated carbocycles. The third-order valence-corrected chi connectivity index (χ3v) is 13.0. The third-order valence-electron chi connectivity index (χ3n) is 6.63. The van der Waals surface area contributed by atoms with Gasteiger partial charge in [0.1, 0.15) is 0 Å². The summed E-state index contributed by atoms with van der Waals surface area (Å²) < 4.78 is 34.6. The average Bonchev–Trinajstić information content (AvgIpc) is 3.03. The number of nitrogens with zero attached hydrogens (tertiary/aromatic N) is 1. The molecule has 0 bridgehead atoms. The van der Waals surface area contributed by atoms with Gasteiger partial charge in [0.2, 0.25) is 5.91 Å². The van der Waals surface area contributed by atoms with Gasteiger partial charge in [-0.3, -0.25) is 4.79 Å². The molecule has 0 aromatic heterocycles. The standard InChI is InChI=1S/C24H33NO4SSi/c1-18-12-14-20(15-13-18)30(27,28)25-22(17-29-31(5,6)24(2,3)4)21(16-23(25)26)19-10-8-7-9-11-19/h7-15,21-22H,16-17H2,1-6H3/t21-,22-/m1/s1. The quantitative estimate of drug-likeness (QED) is 0.565. The summed E-state index contributed by atoms with van der Waals surface area (Å²) in [6.45, 7) is 12.8. The van der Waals surface area contributed by atoms with E-state index >= 15 is 0 Å². The SMILES string of the molecule is Cc1ccc(S(=O)(=O)N2C(=O)C[C@H](c3ccccc3)[C@H]2CO[Si](C)(C)C(C)(C)C)cc1. The zero-order valence-corrected chi connectivity index (χ0v) is 21.1. The lowest BCUT2D eigenvalue weighted by Crippen LogP contribution is -2.47. The van der Waals surface area contributed by atoms with Crippen LogP contribution in [0.5, 0.6) is 0 Å². The summed E-state index contributed by atoms with van der Waals surface area (Å²) in [7, 11) is -6.11. The molecule has 1 amide bonds. The molecule has 0 N–H and O–H groups in total. The van der Waals surface area contributed by atoms with E-state index in [4.69, 9.17) is 4.43 Å². The van der Waals surface area contributed by atoms with Crippen LogP contribution in [0.15, 0.2) is 59.5 Å². The van der Waals surface area contributed by atoms with E-state index in [0.717, 1.165) is 15.4 Å². The summed E-state index contributed by atoms with van der Waals surface area (Å²) in [5.74, 6) is -0.614. The fourth-order valence-electron chi connectivity index (χ4n) is 3.63. The normalized spacial score (nSPS) is 20.3. The summed E-state index contributed by atoms with van der Waals surface area (Å²) in [5, 5.41) is -0.0154. The maximum atomic E-state index is 13.5. The van der Waals surface area contributed by atoms with Crippen LogP contribution in [0.2, 0.25) is 18.1 Å². The van der Waals surface area contributed by atoms with E-state index in [1.807, 2.05) is 37.3 Å². The Morgan fingerprint density at radius 2 is 1.61 bits per heavy atom. The van der Waals surface area contributed by atoms with Crippen LogP contribution in [0.3, 0.4) is 0 Å². The van der Waals surface area contributed by atoms with Crippen molar-refractivity contribution in [2.24, 2.45) is 0 Å². The van der Waals surface area contributed by atoms with Crippen molar-refractivity contribution in [3.8, 4) is 0 Å². The lowest BCUT2D eigenvalue weighted by molar-refractivity contribution is -0.124. The van der Waals surface area contributed by atoms with E-state index in [-0.39, 0.29) is 34.8 Å². The van der Waals surface area contributed by atoms with Crippen molar-refractivity contribution >= 4 is 24.2 Å². The number of benzene rings is 2. The molecule has 1 aliphatic heterocycles. The Bertz CT molecular complexity index is 1030. The lowest BCUT2D eigenvalue weighted by Gasteiger charge is -2.38. The predicted molar refractivity (Wildman–Crippen MR) is 126 cm³/mol. The molecule has 1 aliphatic rings. The predicted octanol–water partition coefficient (Wildman–Crippen LogP) is 5.09. The van der Waals surface area contributed by atoms with Crippen molar-refractivity contribution in [1.29, 1.82) is 0 Å². The van der Waals surface area contributed by atoms with Crippen molar-refractivity contribution in [2.75, 3.05) is 6.61 Å². The molecule has 2 aromatic carbocycles. The lowest BCUT2D eigenvalue weighted by atomic mass is 9.92. The Balaban J connectivity index is 2.01. The number of amides is 1. The van der Waals surface area contributed by atoms with Crippen molar-refractivity contribution in [1.82, 2.24) is 4.31 Å². The highest BCUT2D eigenvalue weighted by Crippen LogP contribution is 2.41. The summed E-state index contributed by atoms with van der Waals surface area (Å²) in [6.07, 6.45) is 0.153. The molecule has 168 valence electrons. The molecule has 2 atom stereocenters. The molecule has 7 heteroatoms. The summed E-state index contributed by atoms with van der Waals surface area (Å²) in [4.78, 5) is 13.2. The van der Waals surface area contributed by atoms with E-state index in [1.54, 1.807) is 24.3 Å². The number of hydrogen-bond acceptors (Lipinski definition) is 4. The van der Waals surface area contributed by atoms with Crippen molar-refractivity contribution in [3.63, 3.8) is 0 Å². The number of aryl methyl sites for hydroxylation is 1. The summed E-state index contributed by atoms with van der Waals surface area (Å²) >= 11 is 0. The number of carbonyl (C=O) groups excluding carboxylic acids is 1. The zero-order chi connectivity index (χ0) is 23.0. The molecule has 1 saturated heterocycles. The Labute approximate surface area is 187 Å². The van der Waals surface area contributed by atoms with Gasteiger partial charge in [-0.2, -0.15) is 0 Å². The number of rotatable bonds is 6. The Hall–Kier alpha value is -1.96. The van der Waals surface area contributed by atoms with Crippen LogP contribution in [0.4, 0.5) is 0 Å². The maximum Gasteiger partial charge on any atom is 0.266 e. The van der Waals surface area contributed by atoms with Crippen molar-refractivity contribution in [3.05, 3.63) is 65.7 Å². The van der Waals surface area contributed by atoms with Gasteiger partial charge >= 0.3 is 0 Å². The van der Waals surface area contributed by atoms with Gasteiger partial charge in [0.05, 0.1) is 17.5 Å². The Morgan fingerprint density at radius 3 is 2.16 bits per heavy atom. The molecule has 0 spiro atoms. The van der Waals surface area contributed by atoms with E-state index in [1.165, 1.54) is 0 Å². The molecule has 5 nitrogen and oxygen atoms in total. The second-order valence-corrected chi connectivity index (χ2v) is 16.5. The van der Waals surface area contributed by atoms with E-state index in [9.17, 15) is 13.2 Å². The van der Waals surface area contributed by atoms with E-state index < -0.39 is 24.4 Å². The van der Waals surface area contributed by atoms with E-state index in [0.29, 0.717) is 0 Å². The molecule has 3 rings (SSSR count). The van der Waals surface area contributed by atoms with Gasteiger partial charge in [-0.1, -0.05) is 68.8 Å². The molecular weight excluding hydrogens is 426 g/mol. The number of sulfonamides is 1. The number of carbonyl (C=O) groups is 1. The minimum atomic E-state index is -3.98. The average molecular weight is 460 g/mol. The molecule has 1 heterocycles. The molecule has 31 heavy (non-hydrogen) atoms. The van der Waals surface area contributed by atoms with Crippen LogP contribution in [0.1, 0.15) is 44.2 Å². The Morgan fingerprint density at radius 1 is 1.03 bits per heavy atom. The highest BCUT2D eigenvalue weighted by Gasteiger charge is 2.48. The monoisotopic (exact) mass is 459 g/mol. The Kier molecular flexibility index (Phi) is 6.51. The van der Waals surface area contributed by atoms with Crippen LogP contribution in [0.25, 0.3) is 0 Å². The van der Waals surface area contributed by atoms with E-state index in [2.05, 4.69) is 33.9 Å². The summed E-state index contributed by atoms with van der Waals surface area (Å²) in [5.41, 5.74) is 1.92. The topological polar surface area (TPSA) is 63.7 Å². The first-order valence-corrected chi connectivity index (χ1v) is 15.0. The molecule has 1 fully saturated rings. The number of hydrogen-bond donors (Lipinski definition) is 0. The second-order valence-electron chi connectivity index (χ2n) is 9.87. The van der Waals surface area contributed by atoms with Gasteiger partial charge in [-0.05, 0) is 42.8 Å². The minimum absolute atomic E-state index is 0.0154. The summed E-state index contributed by atoms with van der Waals surface area (Å²) in [6, 6.07) is 15.7. The first-order chi connectivity index (χ1) is 14.3.